The summed E-state index contributed by atoms with van der Waals surface area (Å²) in [5.74, 6) is 1.63. The summed E-state index contributed by atoms with van der Waals surface area (Å²) in [4.78, 5) is 14.9. The van der Waals surface area contributed by atoms with Crippen LogP contribution < -0.4 is 10.6 Å². The van der Waals surface area contributed by atoms with Crippen molar-refractivity contribution in [3.05, 3.63) is 39.9 Å². The molecule has 25 heavy (non-hydrogen) atoms. The minimum atomic E-state index is -0.401. The zero-order chi connectivity index (χ0) is 18.7. The highest BCUT2D eigenvalue weighted by Crippen LogP contribution is 2.15. The maximum Gasteiger partial charge on any atom is 0.269 e. The molecule has 1 unspecified atom stereocenters. The molecule has 0 radical (unpaired) electrons. The van der Waals surface area contributed by atoms with Crippen LogP contribution in [-0.2, 0) is 6.54 Å². The average molecular weight is 350 g/mol. The highest BCUT2D eigenvalue weighted by atomic mass is 16.6. The lowest BCUT2D eigenvalue weighted by atomic mass is 9.94. The van der Waals surface area contributed by atoms with Gasteiger partial charge in [0, 0.05) is 31.8 Å². The van der Waals surface area contributed by atoms with Crippen molar-refractivity contribution < 1.29 is 10.0 Å². The van der Waals surface area contributed by atoms with Crippen molar-refractivity contribution in [2.45, 2.75) is 40.2 Å². The molecule has 0 saturated heterocycles. The van der Waals surface area contributed by atoms with Gasteiger partial charge in [0.1, 0.15) is 0 Å². The van der Waals surface area contributed by atoms with Crippen LogP contribution in [0.3, 0.4) is 0 Å². The molecule has 0 saturated carbocycles. The Kier molecular flexibility index (Phi) is 9.54. The molecule has 7 heteroatoms. The fourth-order valence-electron chi connectivity index (χ4n) is 2.67. The number of non-ortho nitro benzene ring substituents is 1. The molecular formula is C18H30N4O3. The quantitative estimate of drug-likeness (QED) is 0.261. The Morgan fingerprint density at radius 1 is 1.36 bits per heavy atom. The number of nitro groups is 1. The Labute approximate surface area is 149 Å². The van der Waals surface area contributed by atoms with Crippen molar-refractivity contribution in [1.29, 1.82) is 0 Å². The molecule has 0 amide bonds. The molecule has 0 aliphatic rings. The third-order valence-electron chi connectivity index (χ3n) is 3.79. The second-order valence-corrected chi connectivity index (χ2v) is 6.51. The molecule has 1 aromatic carbocycles. The van der Waals surface area contributed by atoms with Crippen LogP contribution in [0, 0.1) is 22.0 Å². The van der Waals surface area contributed by atoms with Crippen LogP contribution in [0.25, 0.3) is 0 Å². The van der Waals surface area contributed by atoms with E-state index in [1.807, 2.05) is 13.0 Å². The minimum Gasteiger partial charge on any atom is -0.396 e. The second kappa shape index (κ2) is 11.4. The number of guanidine groups is 1. The van der Waals surface area contributed by atoms with E-state index < -0.39 is 4.92 Å². The van der Waals surface area contributed by atoms with E-state index in [2.05, 4.69) is 29.5 Å². The van der Waals surface area contributed by atoms with Gasteiger partial charge in [-0.2, -0.15) is 0 Å². The van der Waals surface area contributed by atoms with Gasteiger partial charge in [0.25, 0.3) is 5.69 Å². The van der Waals surface area contributed by atoms with Gasteiger partial charge in [0.05, 0.1) is 11.5 Å². The SMILES string of the molecule is CCNC(=NCc1cccc([N+](=O)[O-])c1)NCC(CCO)CC(C)C. The minimum absolute atomic E-state index is 0.0746. The highest BCUT2D eigenvalue weighted by molar-refractivity contribution is 5.79. The molecule has 1 atom stereocenters. The maximum atomic E-state index is 10.8. The summed E-state index contributed by atoms with van der Waals surface area (Å²) >= 11 is 0. The van der Waals surface area contributed by atoms with Crippen LogP contribution in [0.5, 0.6) is 0 Å². The number of hydrogen-bond donors (Lipinski definition) is 3. The number of rotatable bonds is 10. The Morgan fingerprint density at radius 2 is 2.12 bits per heavy atom. The molecule has 140 valence electrons. The molecule has 1 rings (SSSR count). The van der Waals surface area contributed by atoms with Crippen LogP contribution >= 0.6 is 0 Å². The molecule has 0 bridgehead atoms. The Hall–Kier alpha value is -2.15. The number of aliphatic hydroxyl groups excluding tert-OH is 1. The van der Waals surface area contributed by atoms with E-state index in [-0.39, 0.29) is 12.3 Å². The zero-order valence-electron chi connectivity index (χ0n) is 15.4. The Bertz CT molecular complexity index is 561. The number of aliphatic imine (C=N–C) groups is 1. The summed E-state index contributed by atoms with van der Waals surface area (Å²) in [5, 5.41) is 26.6. The van der Waals surface area contributed by atoms with Gasteiger partial charge in [0.15, 0.2) is 5.96 Å². The molecule has 7 nitrogen and oxygen atoms in total. The van der Waals surface area contributed by atoms with Gasteiger partial charge in [-0.25, -0.2) is 4.99 Å². The lowest BCUT2D eigenvalue weighted by molar-refractivity contribution is -0.384. The van der Waals surface area contributed by atoms with Crippen LogP contribution in [0.15, 0.2) is 29.3 Å². The smallest absolute Gasteiger partial charge is 0.269 e. The summed E-state index contributed by atoms with van der Waals surface area (Å²) in [5.41, 5.74) is 0.867. The first-order valence-corrected chi connectivity index (χ1v) is 8.82. The van der Waals surface area contributed by atoms with Gasteiger partial charge in [-0.05, 0) is 37.2 Å². The molecule has 0 heterocycles. The summed E-state index contributed by atoms with van der Waals surface area (Å²) < 4.78 is 0. The number of nitrogens with zero attached hydrogens (tertiary/aromatic N) is 2. The number of nitrogens with one attached hydrogen (secondary N) is 2. The normalized spacial score (nSPS) is 12.9. The molecule has 0 aromatic heterocycles. The lowest BCUT2D eigenvalue weighted by Gasteiger charge is -2.20. The van der Waals surface area contributed by atoms with Crippen LogP contribution in [-0.4, -0.2) is 35.7 Å². The standard InChI is InChI=1S/C18H30N4O3/c1-4-19-18(21-13-16(8-9-23)10-14(2)3)20-12-15-6-5-7-17(11-15)22(24)25/h5-7,11,14,16,23H,4,8-10,12-13H2,1-3H3,(H2,19,20,21). The summed E-state index contributed by atoms with van der Waals surface area (Å²) in [7, 11) is 0. The largest absolute Gasteiger partial charge is 0.396 e. The van der Waals surface area contributed by atoms with Gasteiger partial charge in [0.2, 0.25) is 0 Å². The third kappa shape index (κ3) is 8.49. The predicted molar refractivity (Wildman–Crippen MR) is 101 cm³/mol. The second-order valence-electron chi connectivity index (χ2n) is 6.51. The van der Waals surface area contributed by atoms with Crippen LogP contribution in [0.1, 0.15) is 39.2 Å². The molecule has 0 aliphatic heterocycles. The van der Waals surface area contributed by atoms with Crippen LogP contribution in [0.4, 0.5) is 5.69 Å². The topological polar surface area (TPSA) is 99.8 Å². The molecule has 3 N–H and O–H groups in total. The maximum absolute atomic E-state index is 10.8. The van der Waals surface area contributed by atoms with Crippen molar-refractivity contribution in [1.82, 2.24) is 10.6 Å². The summed E-state index contributed by atoms with van der Waals surface area (Å²) in [6.45, 7) is 8.35. The molecule has 0 aliphatic carbocycles. The average Bonchev–Trinajstić information content (AvgIpc) is 2.57. The van der Waals surface area contributed by atoms with E-state index in [0.29, 0.717) is 24.3 Å². The summed E-state index contributed by atoms with van der Waals surface area (Å²) in [6, 6.07) is 6.51. The fraction of sp³-hybridized carbons (Fsp3) is 0.611. The fourth-order valence-corrected chi connectivity index (χ4v) is 2.67. The molecule has 0 fully saturated rings. The zero-order valence-corrected chi connectivity index (χ0v) is 15.4. The van der Waals surface area contributed by atoms with E-state index in [1.165, 1.54) is 6.07 Å². The van der Waals surface area contributed by atoms with Crippen molar-refractivity contribution in [2.75, 3.05) is 19.7 Å². The van der Waals surface area contributed by atoms with Crippen molar-refractivity contribution in [3.63, 3.8) is 0 Å². The van der Waals surface area contributed by atoms with Gasteiger partial charge in [-0.15, -0.1) is 0 Å². The molecule has 1 aromatic rings. The van der Waals surface area contributed by atoms with E-state index in [1.54, 1.807) is 12.1 Å². The predicted octanol–water partition coefficient (Wildman–Crippen LogP) is 2.69. The van der Waals surface area contributed by atoms with Gasteiger partial charge in [-0.3, -0.25) is 10.1 Å². The number of hydrogen-bond acceptors (Lipinski definition) is 4. The molecular weight excluding hydrogens is 320 g/mol. The first-order chi connectivity index (χ1) is 12.0. The van der Waals surface area contributed by atoms with Gasteiger partial charge in [-0.1, -0.05) is 26.0 Å². The lowest BCUT2D eigenvalue weighted by Crippen LogP contribution is -2.40. The van der Waals surface area contributed by atoms with E-state index in [0.717, 1.165) is 31.5 Å². The number of benzene rings is 1. The third-order valence-corrected chi connectivity index (χ3v) is 3.79. The van der Waals surface area contributed by atoms with Gasteiger partial charge < -0.3 is 15.7 Å². The van der Waals surface area contributed by atoms with E-state index in [9.17, 15) is 15.2 Å². The highest BCUT2D eigenvalue weighted by Gasteiger charge is 2.11. The number of aliphatic hydroxyl groups is 1. The summed E-state index contributed by atoms with van der Waals surface area (Å²) in [6.07, 6.45) is 1.80. The first-order valence-electron chi connectivity index (χ1n) is 8.82. The van der Waals surface area contributed by atoms with Crippen molar-refractivity contribution in [3.8, 4) is 0 Å². The Morgan fingerprint density at radius 3 is 2.72 bits per heavy atom. The monoisotopic (exact) mass is 350 g/mol. The van der Waals surface area contributed by atoms with Crippen LogP contribution in [0.2, 0.25) is 0 Å². The van der Waals surface area contributed by atoms with E-state index >= 15 is 0 Å². The van der Waals surface area contributed by atoms with E-state index in [4.69, 9.17) is 0 Å². The van der Waals surface area contributed by atoms with Gasteiger partial charge >= 0.3 is 0 Å². The molecule has 0 spiro atoms. The Balaban J connectivity index is 2.69. The van der Waals surface area contributed by atoms with Crippen molar-refractivity contribution >= 4 is 11.6 Å². The number of nitro benzene ring substituents is 1. The van der Waals surface area contributed by atoms with Crippen molar-refractivity contribution in [2.24, 2.45) is 16.8 Å². The first kappa shape index (κ1) is 20.9.